The van der Waals surface area contributed by atoms with Crippen LogP contribution in [0.4, 0.5) is 34.1 Å². The minimum absolute atomic E-state index is 0.0570. The molecule has 89 heavy (non-hydrogen) atoms. The van der Waals surface area contributed by atoms with Crippen molar-refractivity contribution in [2.24, 2.45) is 0 Å². The third kappa shape index (κ3) is 13.6. The molecule has 0 unspecified atom stereocenters. The summed E-state index contributed by atoms with van der Waals surface area (Å²) in [5, 5.41) is 78.6. The van der Waals surface area contributed by atoms with E-state index >= 15 is 3.67 Å². The van der Waals surface area contributed by atoms with Gasteiger partial charge in [0.15, 0.2) is 0 Å². The van der Waals surface area contributed by atoms with Crippen molar-refractivity contribution in [3.63, 3.8) is 0 Å². The van der Waals surface area contributed by atoms with Crippen molar-refractivity contribution in [3.05, 3.63) is 283 Å². The molecule has 22 nitrogen and oxygen atoms in total. The molecule has 9 aromatic carbocycles. The zero-order valence-electron chi connectivity index (χ0n) is 43.9. The first-order valence-electron chi connectivity index (χ1n) is 24.7. The Bertz CT molecular complexity index is 3840. The number of nitro groups is 6. The van der Waals surface area contributed by atoms with Gasteiger partial charge in [0.25, 0.3) is 0 Å². The molecule has 0 spiro atoms. The summed E-state index contributed by atoms with van der Waals surface area (Å²) in [6, 6.07) is 41.1. The summed E-state index contributed by atoms with van der Waals surface area (Å²) in [5.74, 6) is 0. The molecule has 0 aliphatic rings. The molecule has 0 atom stereocenters. The van der Waals surface area contributed by atoms with Gasteiger partial charge in [-0.15, -0.1) is 0 Å². The van der Waals surface area contributed by atoms with Gasteiger partial charge in [0.05, 0.1) is 0 Å². The summed E-state index contributed by atoms with van der Waals surface area (Å²) in [7, 11) is -16.0. The van der Waals surface area contributed by atoms with Gasteiger partial charge in [-0.25, -0.2) is 0 Å². The van der Waals surface area contributed by atoms with Crippen molar-refractivity contribution in [2.75, 3.05) is 0 Å². The van der Waals surface area contributed by atoms with E-state index in [2.05, 4.69) is 143 Å². The topological polar surface area (TPSA) is 304 Å². The molecule has 9 aromatic rings. The first kappa shape index (κ1) is 68.0. The van der Waals surface area contributed by atoms with Gasteiger partial charge in [0.1, 0.15) is 0 Å². The molecule has 0 saturated carbocycles. The Morgan fingerprint density at radius 1 is 0.258 bits per heavy atom. The molecule has 0 saturated heterocycles. The predicted octanol–water partition coefficient (Wildman–Crippen LogP) is 12.6. The first-order valence-corrected chi connectivity index (χ1v) is 39.9. The molecule has 452 valence electrons. The summed E-state index contributed by atoms with van der Waals surface area (Å²) in [6.45, 7) is 0. The molecule has 9 rings (SSSR count). The fraction of sp³-hybridized carbons (Fsp3) is 0. The maximum absolute atomic E-state index is 18.9. The number of nitrogens with zero attached hydrogens (tertiary/aromatic N) is 6. The van der Waals surface area contributed by atoms with Crippen LogP contribution in [0.3, 0.4) is 0 Å². The van der Waals surface area contributed by atoms with E-state index < -0.39 is 104 Å². The van der Waals surface area contributed by atoms with Crippen LogP contribution in [-0.4, -0.2) is 54.5 Å². The van der Waals surface area contributed by atoms with Crippen molar-refractivity contribution < 1.29 is 58.3 Å². The van der Waals surface area contributed by atoms with Crippen LogP contribution in [0.5, 0.6) is 0 Å². The van der Waals surface area contributed by atoms with Crippen LogP contribution >= 0.6 is 143 Å². The van der Waals surface area contributed by atoms with E-state index in [0.717, 1.165) is 36.4 Å². The average molecular weight is 1870 g/mol. The molecule has 0 amide bonds. The van der Waals surface area contributed by atoms with Crippen molar-refractivity contribution in [1.82, 2.24) is 0 Å². The Hall–Kier alpha value is -5.38. The number of hydrogen-bond donors (Lipinski definition) is 0. The standard InChI is InChI=1S/3C18H10Br3N2O5Si.O.V/c3*19-11-1-3-12(4-2-11)29(28,13-5-7-15(20)17(9-13)22(24)25)14-6-8-16(21)18(10-14)23(26)27;;/h3*1-10H;;/q3*-1;;+3. The van der Waals surface area contributed by atoms with E-state index in [-0.39, 0.29) is 73.5 Å². The Kier molecular flexibility index (Phi) is 21.0. The van der Waals surface area contributed by atoms with Gasteiger partial charge in [-0.1, -0.05) is 0 Å². The zero-order valence-corrected chi connectivity index (χ0v) is 62.6. The Balaban J connectivity index is 1.60. The molecule has 35 heteroatoms. The summed E-state index contributed by atoms with van der Waals surface area (Å²) < 4.78 is 43.3. The van der Waals surface area contributed by atoms with Gasteiger partial charge < -0.3 is 0 Å². The van der Waals surface area contributed by atoms with E-state index in [0.29, 0.717) is 13.4 Å². The van der Waals surface area contributed by atoms with E-state index in [1.807, 2.05) is 0 Å². The first-order chi connectivity index (χ1) is 42.0. The van der Waals surface area contributed by atoms with Crippen molar-refractivity contribution in [2.45, 2.75) is 0 Å². The van der Waals surface area contributed by atoms with Crippen LogP contribution in [0, 0.1) is 60.7 Å². The molecule has 0 radical (unpaired) electrons. The van der Waals surface area contributed by atoms with Crippen molar-refractivity contribution in [1.29, 1.82) is 0 Å². The summed E-state index contributed by atoms with van der Waals surface area (Å²) in [6.07, 6.45) is 0. The van der Waals surface area contributed by atoms with Gasteiger partial charge in [-0.05, 0) is 0 Å². The molecular weight excluding hydrogens is 1840 g/mol. The van der Waals surface area contributed by atoms with Crippen LogP contribution in [0.25, 0.3) is 0 Å². The quantitative estimate of drug-likeness (QED) is 0.0279. The molecule has 0 aliphatic heterocycles. The molecule has 0 fully saturated rings. The maximum atomic E-state index is 18.9. The third-order valence-corrected chi connectivity index (χ3v) is 38.1. The second kappa shape index (κ2) is 27.4. The second-order valence-electron chi connectivity index (χ2n) is 18.8. The number of benzene rings is 9. The van der Waals surface area contributed by atoms with E-state index in [9.17, 15) is 60.7 Å². The third-order valence-electron chi connectivity index (χ3n) is 13.8. The monoisotopic (exact) mass is 1860 g/mol. The summed E-state index contributed by atoms with van der Waals surface area (Å²) in [4.78, 5) is 74.8. The molecule has 0 N–H and O–H groups in total. The van der Waals surface area contributed by atoms with Gasteiger partial charge in [-0.2, -0.15) is 0 Å². The van der Waals surface area contributed by atoms with Gasteiger partial charge in [0, 0.05) is 0 Å². The van der Waals surface area contributed by atoms with E-state index in [1.165, 1.54) is 109 Å². The number of halogens is 9. The number of nitro benzene ring substituents is 6. The van der Waals surface area contributed by atoms with Crippen LogP contribution in [0.1, 0.15) is 0 Å². The van der Waals surface area contributed by atoms with Crippen LogP contribution in [0.15, 0.2) is 222 Å². The fourth-order valence-electron chi connectivity index (χ4n) is 9.82. The Labute approximate surface area is 583 Å². The fourth-order valence-corrected chi connectivity index (χ4v) is 34.9. The van der Waals surface area contributed by atoms with Crippen LogP contribution in [-0.2, 0) is 28.8 Å². The predicted molar refractivity (Wildman–Crippen MR) is 365 cm³/mol. The van der Waals surface area contributed by atoms with E-state index in [4.69, 9.17) is 10.1 Å². The molecular formula is C54H30Br9N6O16Si3V. The average Bonchev–Trinajstić information content (AvgIpc) is 0.734. The minimum atomic E-state index is -7.51. The Morgan fingerprint density at radius 3 is 0.551 bits per heavy atom. The number of rotatable bonds is 21. The van der Waals surface area contributed by atoms with E-state index in [1.54, 1.807) is 36.4 Å². The van der Waals surface area contributed by atoms with Gasteiger partial charge in [-0.3, -0.25) is 0 Å². The summed E-state index contributed by atoms with van der Waals surface area (Å²) >= 11 is 22.6. The van der Waals surface area contributed by atoms with Crippen LogP contribution < -0.4 is 46.7 Å². The van der Waals surface area contributed by atoms with Crippen molar-refractivity contribution in [3.8, 4) is 0 Å². The summed E-state index contributed by atoms with van der Waals surface area (Å²) in [5.41, 5.74) is -3.49. The van der Waals surface area contributed by atoms with Crippen molar-refractivity contribution >= 4 is 249 Å². The second-order valence-corrected chi connectivity index (χ2v) is 40.5. The SMILES string of the molecule is O=[N+]([O-])c1cc([Si]([O][V](=[O])([O][Si](c2ccc(Br)cc2)(c2ccc(Br)c([N+](=O)[O-])c2)c2ccc(Br)c([N+](=O)[O-])c2)[O][Si](c2ccc(Br)cc2)(c2ccc(Br)c([N+](=O)[O-])c2)c2ccc(Br)c([N+](=O)[O-])c2)(c2ccc(Br)cc2)c2ccc(Br)c([N+](=O)[O-])c2)ccc1Br. The molecule has 0 heterocycles. The van der Waals surface area contributed by atoms with Gasteiger partial charge >= 0.3 is 590 Å². The molecule has 0 bridgehead atoms. The Morgan fingerprint density at radius 2 is 0.404 bits per heavy atom. The zero-order chi connectivity index (χ0) is 64.7. The van der Waals surface area contributed by atoms with Crippen LogP contribution in [0.2, 0.25) is 0 Å². The molecule has 0 aromatic heterocycles. The number of hydrogen-bond acceptors (Lipinski definition) is 16. The normalized spacial score (nSPS) is 11.9. The molecule has 0 aliphatic carbocycles. The van der Waals surface area contributed by atoms with Gasteiger partial charge in [0.2, 0.25) is 0 Å².